The van der Waals surface area contributed by atoms with Crippen LogP contribution >= 0.6 is 0 Å². The van der Waals surface area contributed by atoms with E-state index in [0.717, 1.165) is 5.56 Å². The van der Waals surface area contributed by atoms with E-state index in [0.29, 0.717) is 11.3 Å². The lowest BCUT2D eigenvalue weighted by atomic mass is 10.0. The fourth-order valence-electron chi connectivity index (χ4n) is 1.94. The van der Waals surface area contributed by atoms with Gasteiger partial charge in [0.15, 0.2) is 6.73 Å². The fraction of sp³-hybridized carbons (Fsp3) is 0.286. The van der Waals surface area contributed by atoms with Gasteiger partial charge >= 0.3 is 5.97 Å². The third-order valence-corrected chi connectivity index (χ3v) is 3.13. The highest BCUT2D eigenvalue weighted by Gasteiger charge is 2.33. The fourth-order valence-corrected chi connectivity index (χ4v) is 1.94. The van der Waals surface area contributed by atoms with Crippen molar-refractivity contribution < 1.29 is 19.4 Å². The topological polar surface area (TPSA) is 66.8 Å². The molecule has 1 N–H and O–H groups in total. The third kappa shape index (κ3) is 2.45. The van der Waals surface area contributed by atoms with Gasteiger partial charge in [0.2, 0.25) is 0 Å². The van der Waals surface area contributed by atoms with Crippen molar-refractivity contribution >= 4 is 17.4 Å². The van der Waals surface area contributed by atoms with Crippen LogP contribution in [0.1, 0.15) is 19.4 Å². The number of nitrogens with zero attached hydrogens (tertiary/aromatic N) is 1. The lowest BCUT2D eigenvalue weighted by Crippen LogP contribution is -2.47. The molecule has 0 fully saturated rings. The minimum Gasteiger partial charge on any atom is -0.480 e. The van der Waals surface area contributed by atoms with Gasteiger partial charge in [0.05, 0.1) is 5.57 Å². The number of hydrogen-bond donors (Lipinski definition) is 1. The maximum absolute atomic E-state index is 12.4. The Morgan fingerprint density at radius 1 is 1.37 bits per heavy atom. The quantitative estimate of drug-likeness (QED) is 0.899. The molecule has 1 aliphatic heterocycles. The summed E-state index contributed by atoms with van der Waals surface area (Å²) >= 11 is 0. The van der Waals surface area contributed by atoms with Crippen LogP contribution in [0, 0.1) is 0 Å². The lowest BCUT2D eigenvalue weighted by molar-refractivity contribution is -0.152. The smallest absolute Gasteiger partial charge is 0.326 e. The summed E-state index contributed by atoms with van der Waals surface area (Å²) in [5, 5.41) is 9.01. The molecular weight excluding hydrogens is 246 g/mol. The molecule has 1 heterocycles. The summed E-state index contributed by atoms with van der Waals surface area (Å²) in [6, 6.07) is 8.18. The summed E-state index contributed by atoms with van der Waals surface area (Å²) < 4.78 is 5.42. The van der Waals surface area contributed by atoms with E-state index in [9.17, 15) is 9.59 Å². The largest absolute Gasteiger partial charge is 0.480 e. The average molecular weight is 261 g/mol. The number of aliphatic carboxylic acids is 1. The zero-order valence-corrected chi connectivity index (χ0v) is 10.8. The van der Waals surface area contributed by atoms with Gasteiger partial charge in [-0.1, -0.05) is 30.3 Å². The Morgan fingerprint density at radius 2 is 2.00 bits per heavy atom. The maximum atomic E-state index is 12.4. The van der Waals surface area contributed by atoms with Crippen LogP contribution in [-0.2, 0) is 14.3 Å². The molecule has 100 valence electrons. The second-order valence-electron chi connectivity index (χ2n) is 4.36. The van der Waals surface area contributed by atoms with E-state index in [4.69, 9.17) is 9.84 Å². The minimum atomic E-state index is -1.05. The number of carboxylic acids is 1. The zero-order valence-electron chi connectivity index (χ0n) is 10.8. The Morgan fingerprint density at radius 3 is 2.58 bits per heavy atom. The van der Waals surface area contributed by atoms with Crippen molar-refractivity contribution in [1.82, 2.24) is 4.90 Å². The summed E-state index contributed by atoms with van der Waals surface area (Å²) in [6.07, 6.45) is 0. The van der Waals surface area contributed by atoms with Gasteiger partial charge in [-0.3, -0.25) is 9.69 Å². The standard InChI is InChI=1S/C14H15NO4/c1-9(14(17)18)15-8-19-10(2)12(13(15)16)11-6-4-3-5-7-11/h3-7,9H,8H2,1-2H3,(H,17,18). The first-order chi connectivity index (χ1) is 9.02. The van der Waals surface area contributed by atoms with Crippen LogP contribution in [0.25, 0.3) is 5.57 Å². The number of hydrogen-bond acceptors (Lipinski definition) is 3. The molecule has 0 aromatic heterocycles. The van der Waals surface area contributed by atoms with Crippen molar-refractivity contribution in [2.75, 3.05) is 6.73 Å². The molecule has 0 bridgehead atoms. The first-order valence-corrected chi connectivity index (χ1v) is 5.95. The lowest BCUT2D eigenvalue weighted by Gasteiger charge is -2.32. The van der Waals surface area contributed by atoms with Crippen LogP contribution < -0.4 is 0 Å². The van der Waals surface area contributed by atoms with Gasteiger partial charge in [-0.15, -0.1) is 0 Å². The van der Waals surface area contributed by atoms with Crippen molar-refractivity contribution in [1.29, 1.82) is 0 Å². The number of carbonyl (C=O) groups excluding carboxylic acids is 1. The van der Waals surface area contributed by atoms with E-state index in [1.54, 1.807) is 19.1 Å². The minimum absolute atomic E-state index is 0.0333. The first-order valence-electron chi connectivity index (χ1n) is 5.95. The van der Waals surface area contributed by atoms with Gasteiger partial charge in [-0.25, -0.2) is 4.79 Å². The Kier molecular flexibility index (Phi) is 3.55. The zero-order chi connectivity index (χ0) is 14.0. The molecule has 5 heteroatoms. The van der Waals surface area contributed by atoms with Crippen LogP contribution in [0.2, 0.25) is 0 Å². The van der Waals surface area contributed by atoms with E-state index >= 15 is 0 Å². The highest BCUT2D eigenvalue weighted by atomic mass is 16.5. The number of rotatable bonds is 3. The predicted octanol–water partition coefficient (Wildman–Crippen LogP) is 1.71. The Balaban J connectivity index is 2.38. The van der Waals surface area contributed by atoms with Gasteiger partial charge in [0.25, 0.3) is 5.91 Å². The van der Waals surface area contributed by atoms with Gasteiger partial charge < -0.3 is 9.84 Å². The van der Waals surface area contributed by atoms with Crippen LogP contribution in [0.3, 0.4) is 0 Å². The molecule has 0 aliphatic carbocycles. The summed E-state index contributed by atoms with van der Waals surface area (Å²) in [5.74, 6) is -0.848. The van der Waals surface area contributed by atoms with E-state index in [1.165, 1.54) is 11.8 Å². The van der Waals surface area contributed by atoms with Gasteiger partial charge in [0, 0.05) is 0 Å². The molecule has 0 spiro atoms. The number of amides is 1. The maximum Gasteiger partial charge on any atom is 0.326 e. The average Bonchev–Trinajstić information content (AvgIpc) is 2.39. The van der Waals surface area contributed by atoms with Crippen molar-refractivity contribution in [3.05, 3.63) is 41.7 Å². The molecule has 1 aliphatic rings. The van der Waals surface area contributed by atoms with Gasteiger partial charge in [0.1, 0.15) is 11.8 Å². The molecule has 19 heavy (non-hydrogen) atoms. The predicted molar refractivity (Wildman–Crippen MR) is 68.9 cm³/mol. The van der Waals surface area contributed by atoms with Crippen LogP contribution in [0.15, 0.2) is 36.1 Å². The molecule has 0 radical (unpaired) electrons. The van der Waals surface area contributed by atoms with Gasteiger partial charge in [-0.05, 0) is 19.4 Å². The van der Waals surface area contributed by atoms with Gasteiger partial charge in [-0.2, -0.15) is 0 Å². The highest BCUT2D eigenvalue weighted by Crippen LogP contribution is 2.27. The number of ether oxygens (including phenoxy) is 1. The summed E-state index contributed by atoms with van der Waals surface area (Å²) in [5.41, 5.74) is 1.15. The molecule has 2 rings (SSSR count). The van der Waals surface area contributed by atoms with Crippen molar-refractivity contribution in [3.8, 4) is 0 Å². The summed E-state index contributed by atoms with van der Waals surface area (Å²) in [4.78, 5) is 24.6. The van der Waals surface area contributed by atoms with Crippen molar-refractivity contribution in [2.24, 2.45) is 0 Å². The highest BCUT2D eigenvalue weighted by molar-refractivity contribution is 6.21. The number of carboxylic acid groups (broad SMARTS) is 1. The number of carbonyl (C=O) groups is 2. The summed E-state index contributed by atoms with van der Waals surface area (Å²) in [6.45, 7) is 3.14. The normalized spacial score (nSPS) is 17.2. The molecule has 1 atom stereocenters. The molecule has 5 nitrogen and oxygen atoms in total. The summed E-state index contributed by atoms with van der Waals surface area (Å²) in [7, 11) is 0. The Hall–Kier alpha value is -2.30. The molecule has 1 aromatic carbocycles. The van der Waals surface area contributed by atoms with Crippen LogP contribution in [0.4, 0.5) is 0 Å². The molecule has 1 amide bonds. The second-order valence-corrected chi connectivity index (χ2v) is 4.36. The molecule has 0 saturated heterocycles. The van der Waals surface area contributed by atoms with Crippen LogP contribution in [0.5, 0.6) is 0 Å². The SMILES string of the molecule is CC1=C(c2ccccc2)C(=O)N(C(C)C(=O)O)CO1. The Labute approximate surface area is 111 Å². The number of allylic oxidation sites excluding steroid dienone is 1. The van der Waals surface area contributed by atoms with E-state index in [2.05, 4.69) is 0 Å². The van der Waals surface area contributed by atoms with E-state index in [1.807, 2.05) is 18.2 Å². The Bertz CT molecular complexity index is 536. The van der Waals surface area contributed by atoms with Crippen molar-refractivity contribution in [2.45, 2.75) is 19.9 Å². The molecule has 1 unspecified atom stereocenters. The van der Waals surface area contributed by atoms with E-state index in [-0.39, 0.29) is 12.6 Å². The monoisotopic (exact) mass is 261 g/mol. The van der Waals surface area contributed by atoms with Crippen molar-refractivity contribution in [3.63, 3.8) is 0 Å². The molecular formula is C14H15NO4. The second kappa shape index (κ2) is 5.14. The molecule has 1 aromatic rings. The third-order valence-electron chi connectivity index (χ3n) is 3.13. The molecule has 0 saturated carbocycles. The number of benzene rings is 1. The van der Waals surface area contributed by atoms with Crippen LogP contribution in [-0.4, -0.2) is 34.7 Å². The first kappa shape index (κ1) is 13.1. The van der Waals surface area contributed by atoms with E-state index < -0.39 is 12.0 Å².